The third-order valence-corrected chi connectivity index (χ3v) is 1.29. The van der Waals surface area contributed by atoms with Crippen LogP contribution in [0.25, 0.3) is 0 Å². The van der Waals surface area contributed by atoms with Crippen molar-refractivity contribution in [3.8, 4) is 0 Å². The third-order valence-electron chi connectivity index (χ3n) is 1.29. The van der Waals surface area contributed by atoms with Crippen molar-refractivity contribution < 1.29 is 0 Å². The summed E-state index contributed by atoms with van der Waals surface area (Å²) in [4.78, 5) is 3.88. The lowest BCUT2D eigenvalue weighted by molar-refractivity contribution is 0.975. The van der Waals surface area contributed by atoms with Crippen LogP contribution in [0.5, 0.6) is 0 Å². The summed E-state index contributed by atoms with van der Waals surface area (Å²) in [6.07, 6.45) is 1.84. The monoisotopic (exact) mass is 126 g/mol. The van der Waals surface area contributed by atoms with Gasteiger partial charge in [-0.3, -0.25) is 4.99 Å². The van der Waals surface area contributed by atoms with E-state index in [0.717, 1.165) is 0 Å². The number of hydrogen-bond donors (Lipinski definition) is 1. The molecule has 0 aromatic rings. The van der Waals surface area contributed by atoms with Crippen molar-refractivity contribution in [3.63, 3.8) is 0 Å². The van der Waals surface area contributed by atoms with Crippen LogP contribution in [0.3, 0.4) is 0 Å². The Morgan fingerprint density at radius 1 is 1.44 bits per heavy atom. The van der Waals surface area contributed by atoms with Crippen molar-refractivity contribution in [1.82, 2.24) is 5.32 Å². The fourth-order valence-corrected chi connectivity index (χ4v) is 0.488. The number of allylic oxidation sites excluding steroid dienone is 2. The van der Waals surface area contributed by atoms with E-state index in [1.165, 1.54) is 11.3 Å². The van der Waals surface area contributed by atoms with Crippen LogP contribution in [0.2, 0.25) is 0 Å². The molecule has 0 aromatic heterocycles. The maximum absolute atomic E-state index is 3.88. The lowest BCUT2D eigenvalue weighted by atomic mass is 10.3. The molecule has 0 unspecified atom stereocenters. The molecule has 0 aliphatic rings. The standard InChI is InChI=1S/C7H14N2/c1-6(5-8-3)7(2)9-4/h5,9H,1-4H3. The molecule has 0 atom stereocenters. The molecule has 0 aromatic carbocycles. The first-order valence-corrected chi connectivity index (χ1v) is 2.99. The summed E-state index contributed by atoms with van der Waals surface area (Å²) < 4.78 is 0. The highest BCUT2D eigenvalue weighted by Gasteiger charge is 1.86. The first-order chi connectivity index (χ1) is 4.22. The normalized spacial score (nSPS) is 13.8. The van der Waals surface area contributed by atoms with Crippen molar-refractivity contribution in [3.05, 3.63) is 11.3 Å². The first-order valence-electron chi connectivity index (χ1n) is 2.99. The smallest absolute Gasteiger partial charge is 0.0277 e. The molecule has 0 saturated heterocycles. The minimum atomic E-state index is 1.17. The van der Waals surface area contributed by atoms with Gasteiger partial charge >= 0.3 is 0 Å². The van der Waals surface area contributed by atoms with Crippen LogP contribution in [0.4, 0.5) is 0 Å². The van der Waals surface area contributed by atoms with Crippen molar-refractivity contribution in [2.75, 3.05) is 14.1 Å². The zero-order valence-electron chi connectivity index (χ0n) is 6.52. The maximum atomic E-state index is 3.88. The second-order valence-corrected chi connectivity index (χ2v) is 1.95. The molecular weight excluding hydrogens is 112 g/mol. The molecule has 1 N–H and O–H groups in total. The molecule has 52 valence electrons. The average Bonchev–Trinajstić information content (AvgIpc) is 1.87. The van der Waals surface area contributed by atoms with E-state index in [0.29, 0.717) is 0 Å². The van der Waals surface area contributed by atoms with E-state index in [1.807, 2.05) is 27.1 Å². The van der Waals surface area contributed by atoms with E-state index >= 15 is 0 Å². The Kier molecular flexibility index (Phi) is 3.76. The van der Waals surface area contributed by atoms with Crippen molar-refractivity contribution in [2.24, 2.45) is 4.99 Å². The summed E-state index contributed by atoms with van der Waals surface area (Å²) in [7, 11) is 3.68. The van der Waals surface area contributed by atoms with Crippen LogP contribution in [-0.2, 0) is 0 Å². The Hall–Kier alpha value is -0.790. The van der Waals surface area contributed by atoms with Crippen LogP contribution in [0.15, 0.2) is 16.3 Å². The maximum Gasteiger partial charge on any atom is 0.0277 e. The molecule has 0 amide bonds. The highest BCUT2D eigenvalue weighted by atomic mass is 14.8. The minimum absolute atomic E-state index is 1.17. The summed E-state index contributed by atoms with van der Waals surface area (Å²) in [6.45, 7) is 4.05. The Morgan fingerprint density at radius 2 is 2.00 bits per heavy atom. The molecule has 0 aliphatic heterocycles. The zero-order valence-corrected chi connectivity index (χ0v) is 6.52. The number of hydrogen-bond acceptors (Lipinski definition) is 2. The number of aliphatic imine (C=N–C) groups is 1. The lowest BCUT2D eigenvalue weighted by Gasteiger charge is -1.99. The van der Waals surface area contributed by atoms with E-state index in [9.17, 15) is 0 Å². The van der Waals surface area contributed by atoms with Gasteiger partial charge in [-0.1, -0.05) is 0 Å². The quantitative estimate of drug-likeness (QED) is 0.552. The summed E-state index contributed by atoms with van der Waals surface area (Å²) >= 11 is 0. The highest BCUT2D eigenvalue weighted by molar-refractivity contribution is 5.78. The van der Waals surface area contributed by atoms with Gasteiger partial charge in [0.1, 0.15) is 0 Å². The summed E-state index contributed by atoms with van der Waals surface area (Å²) in [5.74, 6) is 0. The number of rotatable bonds is 2. The molecule has 0 saturated carbocycles. The number of nitrogens with zero attached hydrogens (tertiary/aromatic N) is 1. The molecule has 9 heavy (non-hydrogen) atoms. The Morgan fingerprint density at radius 3 is 2.33 bits per heavy atom. The molecule has 2 nitrogen and oxygen atoms in total. The fourth-order valence-electron chi connectivity index (χ4n) is 0.488. The lowest BCUT2D eigenvalue weighted by Crippen LogP contribution is -2.04. The van der Waals surface area contributed by atoms with Gasteiger partial charge in [0.25, 0.3) is 0 Å². The van der Waals surface area contributed by atoms with Gasteiger partial charge in [0.15, 0.2) is 0 Å². The number of nitrogens with one attached hydrogen (secondary N) is 1. The van der Waals surface area contributed by atoms with Crippen molar-refractivity contribution in [1.29, 1.82) is 0 Å². The van der Waals surface area contributed by atoms with Gasteiger partial charge in [-0.25, -0.2) is 0 Å². The van der Waals surface area contributed by atoms with Gasteiger partial charge in [0.2, 0.25) is 0 Å². The Bertz CT molecular complexity index is 134. The Labute approximate surface area is 56.7 Å². The average molecular weight is 126 g/mol. The Balaban J connectivity index is 4.10. The molecule has 0 radical (unpaired) electrons. The van der Waals surface area contributed by atoms with E-state index < -0.39 is 0 Å². The molecule has 0 spiro atoms. The van der Waals surface area contributed by atoms with Crippen molar-refractivity contribution >= 4 is 6.21 Å². The van der Waals surface area contributed by atoms with Gasteiger partial charge in [0, 0.05) is 26.0 Å². The van der Waals surface area contributed by atoms with E-state index in [2.05, 4.69) is 10.3 Å². The van der Waals surface area contributed by atoms with Gasteiger partial charge in [-0.15, -0.1) is 0 Å². The summed E-state index contributed by atoms with van der Waals surface area (Å²) in [5.41, 5.74) is 2.35. The predicted octanol–water partition coefficient (Wildman–Crippen LogP) is 1.20. The van der Waals surface area contributed by atoms with Crippen molar-refractivity contribution in [2.45, 2.75) is 13.8 Å². The molecule has 2 heteroatoms. The van der Waals surface area contributed by atoms with Crippen LogP contribution in [0.1, 0.15) is 13.8 Å². The molecular formula is C7H14N2. The van der Waals surface area contributed by atoms with E-state index in [1.54, 1.807) is 7.05 Å². The summed E-state index contributed by atoms with van der Waals surface area (Å²) in [5, 5.41) is 3.04. The van der Waals surface area contributed by atoms with Gasteiger partial charge in [0.05, 0.1) is 0 Å². The molecule has 0 bridgehead atoms. The second kappa shape index (κ2) is 4.13. The van der Waals surface area contributed by atoms with Crippen LogP contribution >= 0.6 is 0 Å². The fraction of sp³-hybridized carbons (Fsp3) is 0.571. The van der Waals surface area contributed by atoms with Gasteiger partial charge in [-0.05, 0) is 19.4 Å². The molecule has 0 heterocycles. The van der Waals surface area contributed by atoms with Crippen LogP contribution in [-0.4, -0.2) is 20.3 Å². The zero-order chi connectivity index (χ0) is 7.28. The molecule has 0 aliphatic carbocycles. The third kappa shape index (κ3) is 2.90. The largest absolute Gasteiger partial charge is 0.391 e. The molecule has 0 fully saturated rings. The van der Waals surface area contributed by atoms with Crippen LogP contribution < -0.4 is 5.32 Å². The predicted molar refractivity (Wildman–Crippen MR) is 41.8 cm³/mol. The highest BCUT2D eigenvalue weighted by Crippen LogP contribution is 1.93. The van der Waals surface area contributed by atoms with Gasteiger partial charge in [-0.2, -0.15) is 0 Å². The SMILES string of the molecule is CN=CC(C)=C(C)NC. The van der Waals surface area contributed by atoms with Gasteiger partial charge < -0.3 is 5.32 Å². The molecule has 0 rings (SSSR count). The first kappa shape index (κ1) is 8.21. The minimum Gasteiger partial charge on any atom is -0.391 e. The van der Waals surface area contributed by atoms with E-state index in [-0.39, 0.29) is 0 Å². The van der Waals surface area contributed by atoms with Crippen LogP contribution in [0, 0.1) is 0 Å². The van der Waals surface area contributed by atoms with E-state index in [4.69, 9.17) is 0 Å². The second-order valence-electron chi connectivity index (χ2n) is 1.95. The summed E-state index contributed by atoms with van der Waals surface area (Å²) in [6, 6.07) is 0. The topological polar surface area (TPSA) is 24.4 Å².